The van der Waals surface area contributed by atoms with Crippen LogP contribution in [0, 0.1) is 11.3 Å². The van der Waals surface area contributed by atoms with E-state index in [1.165, 1.54) is 0 Å². The molecule has 0 spiro atoms. The van der Waals surface area contributed by atoms with Crippen LogP contribution in [0.4, 0.5) is 5.69 Å². The summed E-state index contributed by atoms with van der Waals surface area (Å²) in [5.74, 6) is 0. The van der Waals surface area contributed by atoms with Gasteiger partial charge in [0, 0.05) is 24.0 Å². The molecule has 1 heterocycles. The van der Waals surface area contributed by atoms with E-state index in [0.717, 1.165) is 11.3 Å². The number of benzene rings is 1. The molecule has 2 rings (SSSR count). The molecule has 4 nitrogen and oxygen atoms in total. The smallest absolute Gasteiger partial charge is 0.101 e. The Morgan fingerprint density at radius 3 is 2.70 bits per heavy atom. The van der Waals surface area contributed by atoms with Crippen molar-refractivity contribution in [3.63, 3.8) is 0 Å². The Balaban J connectivity index is 2.04. The van der Waals surface area contributed by atoms with Crippen LogP contribution in [0.2, 0.25) is 5.02 Å². The Hall–Kier alpha value is -1.99. The summed E-state index contributed by atoms with van der Waals surface area (Å²) in [4.78, 5) is 0. The minimum absolute atomic E-state index is 0.0179. The molecule has 5 heteroatoms. The van der Waals surface area contributed by atoms with E-state index in [0.29, 0.717) is 17.1 Å². The van der Waals surface area contributed by atoms with Gasteiger partial charge in [0.2, 0.25) is 0 Å². The van der Waals surface area contributed by atoms with Crippen molar-refractivity contribution < 1.29 is 0 Å². The van der Waals surface area contributed by atoms with Crippen LogP contribution in [0.3, 0.4) is 0 Å². The van der Waals surface area contributed by atoms with E-state index in [9.17, 15) is 0 Å². The van der Waals surface area contributed by atoms with Gasteiger partial charge in [0.15, 0.2) is 0 Å². The summed E-state index contributed by atoms with van der Waals surface area (Å²) in [7, 11) is 0. The predicted octanol–water partition coefficient (Wildman–Crippen LogP) is 3.78. The van der Waals surface area contributed by atoms with Gasteiger partial charge in [-0.15, -0.1) is 0 Å². The maximum Gasteiger partial charge on any atom is 0.101 e. The molecule has 20 heavy (non-hydrogen) atoms. The molecule has 0 aliphatic rings. The van der Waals surface area contributed by atoms with Gasteiger partial charge in [-0.05, 0) is 39.0 Å². The second-order valence-electron chi connectivity index (χ2n) is 5.62. The Bertz CT molecular complexity index is 647. The zero-order valence-electron chi connectivity index (χ0n) is 11.8. The van der Waals surface area contributed by atoms with E-state index in [-0.39, 0.29) is 5.54 Å². The number of hydrogen-bond acceptors (Lipinski definition) is 3. The SMILES string of the molecule is CC(C)(C)n1cc(CNc2ccc(C#N)c(Cl)c2)cn1. The van der Waals surface area contributed by atoms with E-state index in [4.69, 9.17) is 16.9 Å². The van der Waals surface area contributed by atoms with Crippen LogP contribution in [0.5, 0.6) is 0 Å². The Kier molecular flexibility index (Phi) is 4.01. The van der Waals surface area contributed by atoms with Crippen LogP contribution in [0.25, 0.3) is 0 Å². The highest BCUT2D eigenvalue weighted by atomic mass is 35.5. The van der Waals surface area contributed by atoms with Gasteiger partial charge in [-0.25, -0.2) is 0 Å². The lowest BCUT2D eigenvalue weighted by molar-refractivity contribution is 0.355. The van der Waals surface area contributed by atoms with E-state index in [1.807, 2.05) is 29.2 Å². The number of hydrogen-bond donors (Lipinski definition) is 1. The van der Waals surface area contributed by atoms with Gasteiger partial charge < -0.3 is 5.32 Å². The molecule has 104 valence electrons. The summed E-state index contributed by atoms with van der Waals surface area (Å²) in [5.41, 5.74) is 2.45. The minimum Gasteiger partial charge on any atom is -0.381 e. The molecule has 0 atom stereocenters. The molecule has 0 unspecified atom stereocenters. The van der Waals surface area contributed by atoms with Gasteiger partial charge in [-0.2, -0.15) is 10.4 Å². The molecular formula is C15H17ClN4. The van der Waals surface area contributed by atoms with E-state index >= 15 is 0 Å². The van der Waals surface area contributed by atoms with Crippen molar-refractivity contribution in [1.29, 1.82) is 5.26 Å². The second kappa shape index (κ2) is 5.56. The summed E-state index contributed by atoms with van der Waals surface area (Å²) in [6.07, 6.45) is 3.88. The number of nitrogens with one attached hydrogen (secondary N) is 1. The molecule has 0 saturated heterocycles. The number of nitriles is 1. The summed E-state index contributed by atoms with van der Waals surface area (Å²) >= 11 is 6.00. The highest BCUT2D eigenvalue weighted by Crippen LogP contribution is 2.21. The summed E-state index contributed by atoms with van der Waals surface area (Å²) in [5, 5.41) is 16.9. The average Bonchev–Trinajstić information content (AvgIpc) is 2.85. The molecule has 0 saturated carbocycles. The first kappa shape index (κ1) is 14.4. The molecule has 1 aromatic carbocycles. The molecule has 0 fully saturated rings. The normalized spacial score (nSPS) is 11.2. The average molecular weight is 289 g/mol. The molecule has 0 aliphatic heterocycles. The molecule has 0 amide bonds. The molecule has 2 aromatic rings. The zero-order valence-corrected chi connectivity index (χ0v) is 12.6. The fourth-order valence-corrected chi connectivity index (χ4v) is 1.96. The van der Waals surface area contributed by atoms with Crippen molar-refractivity contribution in [3.05, 3.63) is 46.7 Å². The number of aromatic nitrogens is 2. The molecular weight excluding hydrogens is 272 g/mol. The van der Waals surface area contributed by atoms with E-state index in [1.54, 1.807) is 12.1 Å². The third kappa shape index (κ3) is 3.31. The van der Waals surface area contributed by atoms with Crippen molar-refractivity contribution in [2.45, 2.75) is 32.9 Å². The van der Waals surface area contributed by atoms with Crippen molar-refractivity contribution in [3.8, 4) is 6.07 Å². The van der Waals surface area contributed by atoms with Gasteiger partial charge in [0.1, 0.15) is 6.07 Å². The van der Waals surface area contributed by atoms with Crippen molar-refractivity contribution in [2.24, 2.45) is 0 Å². The van der Waals surface area contributed by atoms with Crippen LogP contribution in [-0.4, -0.2) is 9.78 Å². The maximum atomic E-state index is 8.83. The summed E-state index contributed by atoms with van der Waals surface area (Å²) in [6, 6.07) is 7.36. The first-order valence-corrected chi connectivity index (χ1v) is 6.75. The summed E-state index contributed by atoms with van der Waals surface area (Å²) < 4.78 is 1.94. The second-order valence-corrected chi connectivity index (χ2v) is 6.03. The van der Waals surface area contributed by atoms with Gasteiger partial charge in [-0.3, -0.25) is 4.68 Å². The van der Waals surface area contributed by atoms with Gasteiger partial charge in [-0.1, -0.05) is 11.6 Å². The minimum atomic E-state index is -0.0179. The van der Waals surface area contributed by atoms with Crippen LogP contribution < -0.4 is 5.32 Å². The fraction of sp³-hybridized carbons (Fsp3) is 0.333. The Morgan fingerprint density at radius 2 is 2.15 bits per heavy atom. The predicted molar refractivity (Wildman–Crippen MR) is 80.7 cm³/mol. The lowest BCUT2D eigenvalue weighted by Gasteiger charge is -2.18. The number of anilines is 1. The van der Waals surface area contributed by atoms with Crippen molar-refractivity contribution in [2.75, 3.05) is 5.32 Å². The quantitative estimate of drug-likeness (QED) is 0.935. The first-order chi connectivity index (χ1) is 9.40. The molecule has 1 aromatic heterocycles. The largest absolute Gasteiger partial charge is 0.381 e. The van der Waals surface area contributed by atoms with Crippen LogP contribution >= 0.6 is 11.6 Å². The van der Waals surface area contributed by atoms with E-state index in [2.05, 4.69) is 31.2 Å². The van der Waals surface area contributed by atoms with Crippen LogP contribution in [0.1, 0.15) is 31.9 Å². The van der Waals surface area contributed by atoms with Crippen LogP contribution in [0.15, 0.2) is 30.6 Å². The third-order valence-electron chi connectivity index (χ3n) is 2.91. The maximum absolute atomic E-state index is 8.83. The number of halogens is 1. The van der Waals surface area contributed by atoms with Crippen LogP contribution in [-0.2, 0) is 12.1 Å². The van der Waals surface area contributed by atoms with Gasteiger partial charge in [0.25, 0.3) is 0 Å². The topological polar surface area (TPSA) is 53.6 Å². The standard InChI is InChI=1S/C15H17ClN4/c1-15(2,3)20-10-11(9-19-20)8-18-13-5-4-12(7-17)14(16)6-13/h4-6,9-10,18H,8H2,1-3H3. The molecule has 0 radical (unpaired) electrons. The van der Waals surface area contributed by atoms with E-state index < -0.39 is 0 Å². The fourth-order valence-electron chi connectivity index (χ4n) is 1.74. The number of rotatable bonds is 3. The van der Waals surface area contributed by atoms with Gasteiger partial charge >= 0.3 is 0 Å². The Labute approximate surface area is 124 Å². The molecule has 1 N–H and O–H groups in total. The monoisotopic (exact) mass is 288 g/mol. The van der Waals surface area contributed by atoms with Crippen molar-refractivity contribution >= 4 is 17.3 Å². The van der Waals surface area contributed by atoms with Gasteiger partial charge in [0.05, 0.1) is 22.3 Å². The number of nitrogens with zero attached hydrogens (tertiary/aromatic N) is 3. The lowest BCUT2D eigenvalue weighted by atomic mass is 10.1. The summed E-state index contributed by atoms with van der Waals surface area (Å²) in [6.45, 7) is 6.99. The molecule has 0 aliphatic carbocycles. The lowest BCUT2D eigenvalue weighted by Crippen LogP contribution is -2.21. The first-order valence-electron chi connectivity index (χ1n) is 6.38. The van der Waals surface area contributed by atoms with Crippen molar-refractivity contribution in [1.82, 2.24) is 9.78 Å². The third-order valence-corrected chi connectivity index (χ3v) is 3.22. The highest BCUT2D eigenvalue weighted by molar-refractivity contribution is 6.32. The highest BCUT2D eigenvalue weighted by Gasteiger charge is 2.13. The zero-order chi connectivity index (χ0) is 14.8. The molecule has 0 bridgehead atoms. The Morgan fingerprint density at radius 1 is 1.40 bits per heavy atom.